The summed E-state index contributed by atoms with van der Waals surface area (Å²) in [6.07, 6.45) is 2.72. The molecule has 0 bridgehead atoms. The van der Waals surface area contributed by atoms with Gasteiger partial charge in [0.2, 0.25) is 0 Å². The molecular weight excluding hydrogens is 152 g/mol. The van der Waals surface area contributed by atoms with Gasteiger partial charge in [-0.05, 0) is 13.3 Å². The minimum Gasteiger partial charge on any atom is -0.314 e. The molecule has 0 amide bonds. The molecule has 1 fully saturated rings. The van der Waals surface area contributed by atoms with Crippen LogP contribution in [0.15, 0.2) is 0 Å². The van der Waals surface area contributed by atoms with Gasteiger partial charge in [0.05, 0.1) is 0 Å². The molecule has 1 N–H and O–H groups in total. The summed E-state index contributed by atoms with van der Waals surface area (Å²) >= 11 is 0. The Hall–Kier alpha value is -0.410. The van der Waals surface area contributed by atoms with E-state index in [-0.39, 0.29) is 0 Å². The lowest BCUT2D eigenvalue weighted by Gasteiger charge is -2.32. The second-order valence-corrected chi connectivity index (χ2v) is 3.38. The highest BCUT2D eigenvalue weighted by Crippen LogP contribution is 2.05. The molecule has 1 heterocycles. The molecule has 1 atom stereocenters. The molecule has 3 heteroatoms. The van der Waals surface area contributed by atoms with Gasteiger partial charge < -0.3 is 10.1 Å². The van der Waals surface area contributed by atoms with Gasteiger partial charge in [-0.3, -0.25) is 4.90 Å². The second-order valence-electron chi connectivity index (χ2n) is 3.38. The summed E-state index contributed by atoms with van der Waals surface area (Å²) in [5, 5.41) is 3.31. The van der Waals surface area contributed by atoms with E-state index >= 15 is 0 Å². The van der Waals surface area contributed by atoms with Crippen LogP contribution in [0.2, 0.25) is 0 Å². The zero-order chi connectivity index (χ0) is 8.81. The number of carbonyl (C=O) groups is 1. The van der Waals surface area contributed by atoms with E-state index in [1.165, 1.54) is 0 Å². The monoisotopic (exact) mass is 170 g/mol. The fraction of sp³-hybridized carbons (Fsp3) is 0.889. The summed E-state index contributed by atoms with van der Waals surface area (Å²) in [6.45, 7) is 6.63. The van der Waals surface area contributed by atoms with Crippen LogP contribution in [0.5, 0.6) is 0 Å². The van der Waals surface area contributed by atoms with E-state index in [0.29, 0.717) is 12.5 Å². The number of hydrogen-bond donors (Lipinski definition) is 1. The van der Waals surface area contributed by atoms with Gasteiger partial charge >= 0.3 is 0 Å². The van der Waals surface area contributed by atoms with Gasteiger partial charge in [-0.2, -0.15) is 0 Å². The maximum atomic E-state index is 10.2. The predicted molar refractivity (Wildman–Crippen MR) is 49.2 cm³/mol. The Kier molecular flexibility index (Phi) is 4.25. The highest BCUT2D eigenvalue weighted by molar-refractivity contribution is 5.49. The van der Waals surface area contributed by atoms with Gasteiger partial charge in [0, 0.05) is 38.6 Å². The van der Waals surface area contributed by atoms with E-state index in [9.17, 15) is 4.79 Å². The Balaban J connectivity index is 2.19. The molecule has 1 unspecified atom stereocenters. The van der Waals surface area contributed by atoms with Crippen molar-refractivity contribution >= 4 is 6.29 Å². The molecule has 0 aromatic rings. The Morgan fingerprint density at radius 2 is 2.17 bits per heavy atom. The van der Waals surface area contributed by atoms with Gasteiger partial charge in [0.1, 0.15) is 6.29 Å². The summed E-state index contributed by atoms with van der Waals surface area (Å²) in [5.41, 5.74) is 0. The van der Waals surface area contributed by atoms with Crippen LogP contribution in [0, 0.1) is 0 Å². The van der Waals surface area contributed by atoms with Gasteiger partial charge in [-0.25, -0.2) is 0 Å². The average Bonchev–Trinajstić information content (AvgIpc) is 2.15. The molecule has 0 aromatic heterocycles. The molecule has 0 spiro atoms. The first kappa shape index (κ1) is 9.68. The number of piperazine rings is 1. The molecule has 0 radical (unpaired) electrons. The predicted octanol–water partition coefficient (Wildman–Crippen LogP) is 0.259. The van der Waals surface area contributed by atoms with Crippen LogP contribution in [-0.2, 0) is 4.79 Å². The van der Waals surface area contributed by atoms with Crippen molar-refractivity contribution in [3.63, 3.8) is 0 Å². The van der Waals surface area contributed by atoms with Crippen LogP contribution >= 0.6 is 0 Å². The van der Waals surface area contributed by atoms with Crippen molar-refractivity contribution in [3.8, 4) is 0 Å². The Bertz CT molecular complexity index is 132. The molecule has 0 saturated carbocycles. The maximum absolute atomic E-state index is 10.2. The third-order valence-corrected chi connectivity index (χ3v) is 2.48. The molecule has 70 valence electrons. The molecule has 1 saturated heterocycles. The quantitative estimate of drug-likeness (QED) is 0.614. The van der Waals surface area contributed by atoms with Crippen molar-refractivity contribution < 1.29 is 4.79 Å². The third kappa shape index (κ3) is 2.91. The summed E-state index contributed by atoms with van der Waals surface area (Å²) in [4.78, 5) is 12.6. The largest absolute Gasteiger partial charge is 0.314 e. The van der Waals surface area contributed by atoms with E-state index < -0.39 is 0 Å². The van der Waals surface area contributed by atoms with Gasteiger partial charge in [-0.1, -0.05) is 0 Å². The maximum Gasteiger partial charge on any atom is 0.120 e. The average molecular weight is 170 g/mol. The molecule has 1 aliphatic heterocycles. The third-order valence-electron chi connectivity index (χ3n) is 2.48. The van der Waals surface area contributed by atoms with E-state index in [4.69, 9.17) is 0 Å². The number of aldehydes is 1. The fourth-order valence-electron chi connectivity index (χ4n) is 1.61. The van der Waals surface area contributed by atoms with Crippen LogP contribution in [-0.4, -0.2) is 43.4 Å². The number of rotatable bonds is 4. The van der Waals surface area contributed by atoms with Crippen LogP contribution in [0.4, 0.5) is 0 Å². The van der Waals surface area contributed by atoms with Crippen LogP contribution in [0.3, 0.4) is 0 Å². The summed E-state index contributed by atoms with van der Waals surface area (Å²) in [5.74, 6) is 0. The number of nitrogens with zero attached hydrogens (tertiary/aromatic N) is 1. The topological polar surface area (TPSA) is 32.3 Å². The van der Waals surface area contributed by atoms with E-state index in [1.807, 2.05) is 0 Å². The van der Waals surface area contributed by atoms with E-state index in [1.54, 1.807) is 0 Å². The van der Waals surface area contributed by atoms with Crippen LogP contribution in [0.1, 0.15) is 19.8 Å². The molecular formula is C9H18N2O. The van der Waals surface area contributed by atoms with Gasteiger partial charge in [0.25, 0.3) is 0 Å². The molecule has 1 rings (SSSR count). The fourth-order valence-corrected chi connectivity index (χ4v) is 1.61. The second kappa shape index (κ2) is 5.27. The minimum absolute atomic E-state index is 0.567. The zero-order valence-corrected chi connectivity index (χ0v) is 7.75. The standard InChI is InChI=1S/C9H18N2O/c1-9(3-2-8-12)11-6-4-10-5-7-11/h8-10H,2-7H2,1H3. The lowest BCUT2D eigenvalue weighted by molar-refractivity contribution is -0.108. The highest BCUT2D eigenvalue weighted by Gasteiger charge is 2.15. The SMILES string of the molecule is CC(CCC=O)N1CCNCC1. The van der Waals surface area contributed by atoms with Crippen LogP contribution in [0.25, 0.3) is 0 Å². The Labute approximate surface area is 74.1 Å². The van der Waals surface area contributed by atoms with Crippen molar-refractivity contribution in [1.82, 2.24) is 10.2 Å². The van der Waals surface area contributed by atoms with Crippen molar-refractivity contribution in [2.45, 2.75) is 25.8 Å². The van der Waals surface area contributed by atoms with Crippen molar-refractivity contribution in [3.05, 3.63) is 0 Å². The normalized spacial score (nSPS) is 22.1. The number of carbonyl (C=O) groups excluding carboxylic acids is 1. The molecule has 1 aliphatic rings. The van der Waals surface area contributed by atoms with E-state index in [2.05, 4.69) is 17.1 Å². The lowest BCUT2D eigenvalue weighted by Crippen LogP contribution is -2.47. The van der Waals surface area contributed by atoms with Crippen molar-refractivity contribution in [1.29, 1.82) is 0 Å². The molecule has 0 aromatic carbocycles. The lowest BCUT2D eigenvalue weighted by atomic mass is 10.1. The van der Waals surface area contributed by atoms with Crippen LogP contribution < -0.4 is 5.32 Å². The Morgan fingerprint density at radius 1 is 1.50 bits per heavy atom. The molecule has 0 aliphatic carbocycles. The summed E-state index contributed by atoms with van der Waals surface area (Å²) in [6, 6.07) is 0.567. The summed E-state index contributed by atoms with van der Waals surface area (Å²) in [7, 11) is 0. The van der Waals surface area contributed by atoms with Gasteiger partial charge in [0.15, 0.2) is 0 Å². The van der Waals surface area contributed by atoms with Crippen molar-refractivity contribution in [2.24, 2.45) is 0 Å². The Morgan fingerprint density at radius 3 is 2.75 bits per heavy atom. The van der Waals surface area contributed by atoms with Gasteiger partial charge in [-0.15, -0.1) is 0 Å². The highest BCUT2D eigenvalue weighted by atomic mass is 16.1. The smallest absolute Gasteiger partial charge is 0.120 e. The molecule has 3 nitrogen and oxygen atoms in total. The molecule has 12 heavy (non-hydrogen) atoms. The zero-order valence-electron chi connectivity index (χ0n) is 7.75. The van der Waals surface area contributed by atoms with Crippen molar-refractivity contribution in [2.75, 3.05) is 26.2 Å². The van der Waals surface area contributed by atoms with E-state index in [0.717, 1.165) is 38.9 Å². The minimum atomic E-state index is 0.567. The first-order valence-electron chi connectivity index (χ1n) is 4.73. The number of hydrogen-bond acceptors (Lipinski definition) is 3. The number of nitrogens with one attached hydrogen (secondary N) is 1. The summed E-state index contributed by atoms with van der Waals surface area (Å²) < 4.78 is 0. The first-order valence-corrected chi connectivity index (χ1v) is 4.73. The first-order chi connectivity index (χ1) is 5.84.